The van der Waals surface area contributed by atoms with E-state index in [1.165, 1.54) is 7.11 Å². The summed E-state index contributed by atoms with van der Waals surface area (Å²) in [6, 6.07) is 9.54. The van der Waals surface area contributed by atoms with Crippen LogP contribution in [-0.4, -0.2) is 24.9 Å². The zero-order chi connectivity index (χ0) is 9.52. The maximum atomic E-state index is 9.21. The lowest BCUT2D eigenvalue weighted by atomic mass is 10.2. The standard InChI is InChI=1S/C11H12O2/c1-13-9-11(12)8-7-10-5-3-2-4-6-10/h2-6,11-12H,9H2,1H3. The Kier molecular flexibility index (Phi) is 4.04. The van der Waals surface area contributed by atoms with Gasteiger partial charge in [-0.25, -0.2) is 0 Å². The molecule has 1 atom stereocenters. The highest BCUT2D eigenvalue weighted by Crippen LogP contribution is 1.95. The van der Waals surface area contributed by atoms with Crippen molar-refractivity contribution in [2.24, 2.45) is 0 Å². The second kappa shape index (κ2) is 5.36. The molecule has 0 aromatic heterocycles. The molecular formula is C11H12O2. The first-order valence-corrected chi connectivity index (χ1v) is 4.06. The number of rotatable bonds is 2. The summed E-state index contributed by atoms with van der Waals surface area (Å²) in [5.41, 5.74) is 0.901. The van der Waals surface area contributed by atoms with Crippen molar-refractivity contribution in [3.63, 3.8) is 0 Å². The van der Waals surface area contributed by atoms with Gasteiger partial charge in [0.15, 0.2) is 0 Å². The minimum absolute atomic E-state index is 0.250. The average molecular weight is 176 g/mol. The van der Waals surface area contributed by atoms with Crippen LogP contribution >= 0.6 is 0 Å². The molecule has 1 rings (SSSR count). The lowest BCUT2D eigenvalue weighted by molar-refractivity contribution is 0.0987. The van der Waals surface area contributed by atoms with Crippen LogP contribution in [-0.2, 0) is 4.74 Å². The first-order valence-electron chi connectivity index (χ1n) is 4.06. The van der Waals surface area contributed by atoms with Crippen LogP contribution in [0.1, 0.15) is 5.56 Å². The van der Waals surface area contributed by atoms with Crippen molar-refractivity contribution in [2.75, 3.05) is 13.7 Å². The van der Waals surface area contributed by atoms with E-state index in [0.717, 1.165) is 5.56 Å². The molecule has 0 spiro atoms. The minimum Gasteiger partial charge on any atom is -0.381 e. The quantitative estimate of drug-likeness (QED) is 0.682. The molecule has 0 aliphatic heterocycles. The molecule has 0 bridgehead atoms. The molecule has 0 saturated carbocycles. The number of benzene rings is 1. The summed E-state index contributed by atoms with van der Waals surface area (Å²) >= 11 is 0. The molecule has 13 heavy (non-hydrogen) atoms. The van der Waals surface area contributed by atoms with Crippen LogP contribution in [0.2, 0.25) is 0 Å². The maximum absolute atomic E-state index is 9.21. The Hall–Kier alpha value is -1.30. The maximum Gasteiger partial charge on any atom is 0.138 e. The number of aliphatic hydroxyl groups is 1. The number of hydrogen-bond donors (Lipinski definition) is 1. The van der Waals surface area contributed by atoms with Crippen LogP contribution in [0.15, 0.2) is 30.3 Å². The number of aliphatic hydroxyl groups excluding tert-OH is 1. The van der Waals surface area contributed by atoms with E-state index in [1.807, 2.05) is 30.3 Å². The molecule has 2 heteroatoms. The Morgan fingerprint density at radius 2 is 2.08 bits per heavy atom. The molecule has 1 aromatic rings. The molecule has 0 amide bonds. The first-order chi connectivity index (χ1) is 6.33. The summed E-state index contributed by atoms with van der Waals surface area (Å²) in [6.45, 7) is 0.250. The van der Waals surface area contributed by atoms with E-state index < -0.39 is 6.10 Å². The largest absolute Gasteiger partial charge is 0.381 e. The topological polar surface area (TPSA) is 29.5 Å². The highest BCUT2D eigenvalue weighted by Gasteiger charge is 1.94. The van der Waals surface area contributed by atoms with Crippen LogP contribution in [0, 0.1) is 11.8 Å². The molecular weight excluding hydrogens is 164 g/mol. The second-order valence-corrected chi connectivity index (χ2v) is 2.61. The Bertz CT molecular complexity index is 295. The summed E-state index contributed by atoms with van der Waals surface area (Å²) in [5.74, 6) is 5.53. The zero-order valence-corrected chi connectivity index (χ0v) is 7.53. The minimum atomic E-state index is -0.704. The highest BCUT2D eigenvalue weighted by molar-refractivity contribution is 5.34. The molecule has 0 saturated heterocycles. The molecule has 1 aromatic carbocycles. The molecule has 0 heterocycles. The molecule has 0 radical (unpaired) electrons. The Morgan fingerprint density at radius 3 is 2.69 bits per heavy atom. The lowest BCUT2D eigenvalue weighted by Crippen LogP contribution is -2.10. The third-order valence-electron chi connectivity index (χ3n) is 1.48. The van der Waals surface area contributed by atoms with Gasteiger partial charge in [-0.2, -0.15) is 0 Å². The molecule has 68 valence electrons. The Labute approximate surface area is 78.2 Å². The highest BCUT2D eigenvalue weighted by atomic mass is 16.5. The number of ether oxygens (including phenoxy) is 1. The fourth-order valence-corrected chi connectivity index (χ4v) is 0.888. The third kappa shape index (κ3) is 3.75. The monoisotopic (exact) mass is 176 g/mol. The summed E-state index contributed by atoms with van der Waals surface area (Å²) in [5, 5.41) is 9.21. The molecule has 0 aliphatic carbocycles. The molecule has 0 aliphatic rings. The van der Waals surface area contributed by atoms with E-state index in [9.17, 15) is 5.11 Å². The fourth-order valence-electron chi connectivity index (χ4n) is 0.888. The van der Waals surface area contributed by atoms with Crippen LogP contribution in [0.3, 0.4) is 0 Å². The van der Waals surface area contributed by atoms with Gasteiger partial charge in [-0.05, 0) is 12.1 Å². The predicted octanol–water partition coefficient (Wildman–Crippen LogP) is 1.05. The van der Waals surface area contributed by atoms with Crippen molar-refractivity contribution >= 4 is 0 Å². The second-order valence-electron chi connectivity index (χ2n) is 2.61. The van der Waals surface area contributed by atoms with Gasteiger partial charge in [-0.3, -0.25) is 0 Å². The van der Waals surface area contributed by atoms with Gasteiger partial charge < -0.3 is 9.84 Å². The van der Waals surface area contributed by atoms with Crippen LogP contribution in [0.5, 0.6) is 0 Å². The van der Waals surface area contributed by atoms with Crippen molar-refractivity contribution < 1.29 is 9.84 Å². The Balaban J connectivity index is 2.57. The normalized spacial score (nSPS) is 11.5. The van der Waals surface area contributed by atoms with Crippen LogP contribution in [0.4, 0.5) is 0 Å². The van der Waals surface area contributed by atoms with Crippen molar-refractivity contribution in [2.45, 2.75) is 6.10 Å². The van der Waals surface area contributed by atoms with Gasteiger partial charge in [0.1, 0.15) is 6.10 Å². The third-order valence-corrected chi connectivity index (χ3v) is 1.48. The average Bonchev–Trinajstić information content (AvgIpc) is 2.17. The van der Waals surface area contributed by atoms with E-state index in [-0.39, 0.29) is 6.61 Å². The number of methoxy groups -OCH3 is 1. The van der Waals surface area contributed by atoms with E-state index in [2.05, 4.69) is 11.8 Å². The number of hydrogen-bond acceptors (Lipinski definition) is 2. The van der Waals surface area contributed by atoms with Gasteiger partial charge in [0.2, 0.25) is 0 Å². The smallest absolute Gasteiger partial charge is 0.138 e. The van der Waals surface area contributed by atoms with Crippen molar-refractivity contribution in [3.05, 3.63) is 35.9 Å². The summed E-state index contributed by atoms with van der Waals surface area (Å²) in [6.07, 6.45) is -0.704. The van der Waals surface area contributed by atoms with Crippen LogP contribution < -0.4 is 0 Å². The molecule has 0 fully saturated rings. The van der Waals surface area contributed by atoms with E-state index in [4.69, 9.17) is 4.74 Å². The van der Waals surface area contributed by atoms with Crippen molar-refractivity contribution in [1.82, 2.24) is 0 Å². The lowest BCUT2D eigenvalue weighted by Gasteiger charge is -1.98. The fraction of sp³-hybridized carbons (Fsp3) is 0.273. The predicted molar refractivity (Wildman–Crippen MR) is 51.2 cm³/mol. The Morgan fingerprint density at radius 1 is 1.38 bits per heavy atom. The van der Waals surface area contributed by atoms with Gasteiger partial charge in [0.05, 0.1) is 6.61 Å². The van der Waals surface area contributed by atoms with Gasteiger partial charge in [-0.15, -0.1) is 0 Å². The van der Waals surface area contributed by atoms with E-state index in [0.29, 0.717) is 0 Å². The van der Waals surface area contributed by atoms with Crippen LogP contribution in [0.25, 0.3) is 0 Å². The molecule has 2 nitrogen and oxygen atoms in total. The van der Waals surface area contributed by atoms with Gasteiger partial charge in [0, 0.05) is 12.7 Å². The summed E-state index contributed by atoms with van der Waals surface area (Å²) in [4.78, 5) is 0. The van der Waals surface area contributed by atoms with Gasteiger partial charge in [-0.1, -0.05) is 30.0 Å². The first kappa shape index (κ1) is 9.79. The van der Waals surface area contributed by atoms with Crippen molar-refractivity contribution in [1.29, 1.82) is 0 Å². The molecule has 1 N–H and O–H groups in total. The van der Waals surface area contributed by atoms with Gasteiger partial charge >= 0.3 is 0 Å². The van der Waals surface area contributed by atoms with Crippen molar-refractivity contribution in [3.8, 4) is 11.8 Å². The van der Waals surface area contributed by atoms with E-state index in [1.54, 1.807) is 0 Å². The SMILES string of the molecule is COCC(O)C#Cc1ccccc1. The van der Waals surface area contributed by atoms with E-state index >= 15 is 0 Å². The molecule has 1 unspecified atom stereocenters. The zero-order valence-electron chi connectivity index (χ0n) is 7.53. The summed E-state index contributed by atoms with van der Waals surface area (Å²) in [7, 11) is 1.54. The van der Waals surface area contributed by atoms with Gasteiger partial charge in [0.25, 0.3) is 0 Å². The summed E-state index contributed by atoms with van der Waals surface area (Å²) < 4.78 is 4.74.